The van der Waals surface area contributed by atoms with E-state index in [0.29, 0.717) is 12.6 Å². The molecule has 1 aromatic heterocycles. The summed E-state index contributed by atoms with van der Waals surface area (Å²) in [6.45, 7) is 2.68. The van der Waals surface area contributed by atoms with Gasteiger partial charge < -0.3 is 0 Å². The molecule has 1 rings (SSSR count). The minimum absolute atomic E-state index is 0.295. The van der Waals surface area contributed by atoms with E-state index in [9.17, 15) is 0 Å². The van der Waals surface area contributed by atoms with Crippen molar-refractivity contribution in [2.75, 3.05) is 6.54 Å². The van der Waals surface area contributed by atoms with Crippen LogP contribution in [0.15, 0.2) is 24.5 Å². The summed E-state index contributed by atoms with van der Waals surface area (Å²) in [6, 6.07) is 4.26. The third-order valence-electron chi connectivity index (χ3n) is 1.72. The summed E-state index contributed by atoms with van der Waals surface area (Å²) in [5.74, 6) is 2.54. The second-order valence-corrected chi connectivity index (χ2v) is 2.59. The zero-order chi connectivity index (χ0) is 8.81. The summed E-state index contributed by atoms with van der Waals surface area (Å²) in [6.07, 6.45) is 8.69. The molecule has 0 aliphatic heterocycles. The monoisotopic (exact) mass is 160 g/mol. The van der Waals surface area contributed by atoms with Gasteiger partial charge in [0, 0.05) is 18.4 Å². The minimum atomic E-state index is 0.295. The fourth-order valence-corrected chi connectivity index (χ4v) is 0.982. The molecule has 0 saturated heterocycles. The first-order chi connectivity index (χ1) is 5.84. The van der Waals surface area contributed by atoms with Gasteiger partial charge in [-0.1, -0.05) is 5.92 Å². The molecule has 0 fully saturated rings. The summed E-state index contributed by atoms with van der Waals surface area (Å²) in [4.78, 5) is 3.94. The van der Waals surface area contributed by atoms with Crippen LogP contribution in [0.1, 0.15) is 18.5 Å². The minimum Gasteiger partial charge on any atom is -0.300 e. The highest BCUT2D eigenvalue weighted by atomic mass is 14.9. The van der Waals surface area contributed by atoms with Gasteiger partial charge in [-0.15, -0.1) is 6.42 Å². The van der Waals surface area contributed by atoms with Gasteiger partial charge in [-0.3, -0.25) is 10.3 Å². The lowest BCUT2D eigenvalue weighted by atomic mass is 10.1. The quantitative estimate of drug-likeness (QED) is 0.675. The van der Waals surface area contributed by atoms with Crippen LogP contribution in [0.2, 0.25) is 0 Å². The Bertz CT molecular complexity index is 261. The number of hydrogen-bond donors (Lipinski definition) is 1. The molecule has 2 heteroatoms. The summed E-state index contributed by atoms with van der Waals surface area (Å²) >= 11 is 0. The van der Waals surface area contributed by atoms with E-state index in [0.717, 1.165) is 0 Å². The van der Waals surface area contributed by atoms with Crippen LogP contribution in [0.3, 0.4) is 0 Å². The molecule has 0 aromatic carbocycles. The highest BCUT2D eigenvalue weighted by Gasteiger charge is 2.01. The summed E-state index contributed by atoms with van der Waals surface area (Å²) in [5.41, 5.74) is 1.21. The van der Waals surface area contributed by atoms with Crippen molar-refractivity contribution in [3.8, 4) is 12.3 Å². The van der Waals surface area contributed by atoms with E-state index in [-0.39, 0.29) is 0 Å². The Balaban J connectivity index is 2.55. The Morgan fingerprint density at radius 3 is 2.83 bits per heavy atom. The first-order valence-electron chi connectivity index (χ1n) is 3.91. The Morgan fingerprint density at radius 1 is 1.58 bits per heavy atom. The van der Waals surface area contributed by atoms with Gasteiger partial charge in [-0.25, -0.2) is 0 Å². The molecule has 0 aliphatic carbocycles. The van der Waals surface area contributed by atoms with Crippen LogP contribution in [-0.2, 0) is 0 Å². The van der Waals surface area contributed by atoms with E-state index < -0.39 is 0 Å². The van der Waals surface area contributed by atoms with E-state index in [1.54, 1.807) is 12.4 Å². The van der Waals surface area contributed by atoms with Gasteiger partial charge >= 0.3 is 0 Å². The van der Waals surface area contributed by atoms with Crippen LogP contribution < -0.4 is 5.32 Å². The second kappa shape index (κ2) is 4.53. The van der Waals surface area contributed by atoms with Gasteiger partial charge in [0.05, 0.1) is 6.54 Å². The van der Waals surface area contributed by atoms with Crippen molar-refractivity contribution in [2.24, 2.45) is 0 Å². The maximum Gasteiger partial charge on any atom is 0.0578 e. The molecular formula is C10H12N2. The van der Waals surface area contributed by atoms with Gasteiger partial charge in [0.15, 0.2) is 0 Å². The van der Waals surface area contributed by atoms with Crippen molar-refractivity contribution in [2.45, 2.75) is 13.0 Å². The topological polar surface area (TPSA) is 24.9 Å². The average molecular weight is 160 g/mol. The molecule has 12 heavy (non-hydrogen) atoms. The van der Waals surface area contributed by atoms with Gasteiger partial charge in [-0.05, 0) is 24.6 Å². The molecule has 0 bridgehead atoms. The van der Waals surface area contributed by atoms with Gasteiger partial charge in [0.25, 0.3) is 0 Å². The second-order valence-electron chi connectivity index (χ2n) is 2.59. The highest BCUT2D eigenvalue weighted by Crippen LogP contribution is 2.08. The van der Waals surface area contributed by atoms with Crippen LogP contribution in [0.25, 0.3) is 0 Å². The Kier molecular flexibility index (Phi) is 3.31. The van der Waals surface area contributed by atoms with Crippen LogP contribution in [-0.4, -0.2) is 11.5 Å². The fraction of sp³-hybridized carbons (Fsp3) is 0.300. The molecule has 0 unspecified atom stereocenters. The predicted molar refractivity (Wildman–Crippen MR) is 49.5 cm³/mol. The lowest BCUT2D eigenvalue weighted by Crippen LogP contribution is -2.18. The van der Waals surface area contributed by atoms with Crippen LogP contribution >= 0.6 is 0 Å². The lowest BCUT2D eigenvalue weighted by Gasteiger charge is -2.10. The molecule has 1 aromatic rings. The van der Waals surface area contributed by atoms with Gasteiger partial charge in [-0.2, -0.15) is 0 Å². The predicted octanol–water partition coefficient (Wildman–Crippen LogP) is 1.37. The first kappa shape index (κ1) is 8.76. The maximum absolute atomic E-state index is 5.13. The number of terminal acetylenes is 1. The Morgan fingerprint density at radius 2 is 2.25 bits per heavy atom. The fourth-order valence-electron chi connectivity index (χ4n) is 0.982. The van der Waals surface area contributed by atoms with E-state index in [1.807, 2.05) is 12.1 Å². The van der Waals surface area contributed by atoms with Crippen LogP contribution in [0, 0.1) is 12.3 Å². The van der Waals surface area contributed by atoms with Crippen molar-refractivity contribution in [1.29, 1.82) is 0 Å². The van der Waals surface area contributed by atoms with Crippen molar-refractivity contribution in [3.63, 3.8) is 0 Å². The Labute approximate surface area is 73.0 Å². The molecule has 0 aliphatic rings. The number of nitrogens with zero attached hydrogens (tertiary/aromatic N) is 1. The number of hydrogen-bond acceptors (Lipinski definition) is 2. The van der Waals surface area contributed by atoms with Crippen molar-refractivity contribution in [1.82, 2.24) is 10.3 Å². The smallest absolute Gasteiger partial charge is 0.0578 e. The normalized spacial score (nSPS) is 12.0. The van der Waals surface area contributed by atoms with Crippen molar-refractivity contribution >= 4 is 0 Å². The summed E-state index contributed by atoms with van der Waals surface area (Å²) in [7, 11) is 0. The molecule has 2 nitrogen and oxygen atoms in total. The molecule has 0 saturated carbocycles. The SMILES string of the molecule is C#CCN[C@@H](C)c1ccncc1. The first-order valence-corrected chi connectivity index (χ1v) is 3.91. The number of aromatic nitrogens is 1. The van der Waals surface area contributed by atoms with Crippen LogP contribution in [0.4, 0.5) is 0 Å². The largest absolute Gasteiger partial charge is 0.300 e. The molecule has 62 valence electrons. The number of rotatable bonds is 3. The summed E-state index contributed by atoms with van der Waals surface area (Å²) < 4.78 is 0. The number of nitrogens with one attached hydrogen (secondary N) is 1. The van der Waals surface area contributed by atoms with Gasteiger partial charge in [0.1, 0.15) is 0 Å². The Hall–Kier alpha value is -1.33. The maximum atomic E-state index is 5.13. The average Bonchev–Trinajstić information content (AvgIpc) is 2.15. The summed E-state index contributed by atoms with van der Waals surface area (Å²) in [5, 5.41) is 3.18. The molecule has 0 radical (unpaired) electrons. The molecular weight excluding hydrogens is 148 g/mol. The standard InChI is InChI=1S/C10H12N2/c1-3-6-12-9(2)10-4-7-11-8-5-10/h1,4-5,7-9,12H,6H2,2H3/t9-/m0/s1. The zero-order valence-electron chi connectivity index (χ0n) is 7.12. The van der Waals surface area contributed by atoms with E-state index >= 15 is 0 Å². The van der Waals surface area contributed by atoms with Crippen molar-refractivity contribution < 1.29 is 0 Å². The van der Waals surface area contributed by atoms with Crippen LogP contribution in [0.5, 0.6) is 0 Å². The van der Waals surface area contributed by atoms with E-state index in [4.69, 9.17) is 6.42 Å². The molecule has 0 amide bonds. The zero-order valence-corrected chi connectivity index (χ0v) is 7.12. The molecule has 1 heterocycles. The number of pyridine rings is 1. The molecule has 1 N–H and O–H groups in total. The highest BCUT2D eigenvalue weighted by molar-refractivity contribution is 5.14. The third-order valence-corrected chi connectivity index (χ3v) is 1.72. The lowest BCUT2D eigenvalue weighted by molar-refractivity contribution is 0.622. The molecule has 0 spiro atoms. The van der Waals surface area contributed by atoms with E-state index in [2.05, 4.69) is 23.1 Å². The van der Waals surface area contributed by atoms with Gasteiger partial charge in [0.2, 0.25) is 0 Å². The van der Waals surface area contributed by atoms with E-state index in [1.165, 1.54) is 5.56 Å². The van der Waals surface area contributed by atoms with Crippen molar-refractivity contribution in [3.05, 3.63) is 30.1 Å². The third kappa shape index (κ3) is 2.37. The molecule has 1 atom stereocenters.